The Bertz CT molecular complexity index is 790. The average Bonchev–Trinajstić information content (AvgIpc) is 2.52. The van der Waals surface area contributed by atoms with E-state index in [-0.39, 0.29) is 0 Å². The third-order valence-electron chi connectivity index (χ3n) is 2.82. The highest BCUT2D eigenvalue weighted by Crippen LogP contribution is 2.22. The minimum absolute atomic E-state index is 0.408. The van der Waals surface area contributed by atoms with Gasteiger partial charge in [-0.15, -0.1) is 0 Å². The SMILES string of the molecule is O=C(COC(=O)C=Cc1ccc(Cl)cc1Cl)Nc1cccc(Cl)c1. The van der Waals surface area contributed by atoms with Gasteiger partial charge in [0.25, 0.3) is 5.91 Å². The van der Waals surface area contributed by atoms with E-state index in [1.807, 2.05) is 0 Å². The van der Waals surface area contributed by atoms with E-state index in [0.717, 1.165) is 0 Å². The van der Waals surface area contributed by atoms with Gasteiger partial charge in [-0.3, -0.25) is 4.79 Å². The molecule has 2 aromatic rings. The van der Waals surface area contributed by atoms with Gasteiger partial charge in [0.2, 0.25) is 0 Å². The quantitative estimate of drug-likeness (QED) is 0.592. The Balaban J connectivity index is 1.84. The minimum atomic E-state index is -0.665. The molecule has 7 heteroatoms. The smallest absolute Gasteiger partial charge is 0.331 e. The molecule has 0 fully saturated rings. The second kappa shape index (κ2) is 8.73. The molecule has 0 atom stereocenters. The van der Waals surface area contributed by atoms with Crippen LogP contribution in [0.25, 0.3) is 6.08 Å². The van der Waals surface area contributed by atoms with Gasteiger partial charge in [0.15, 0.2) is 6.61 Å². The Morgan fingerprint density at radius 1 is 1.04 bits per heavy atom. The molecule has 0 unspecified atom stereocenters. The molecular weight excluding hydrogens is 373 g/mol. The predicted molar refractivity (Wildman–Crippen MR) is 96.5 cm³/mol. The van der Waals surface area contributed by atoms with E-state index in [2.05, 4.69) is 5.32 Å². The van der Waals surface area contributed by atoms with Crippen LogP contribution in [0, 0.1) is 0 Å². The average molecular weight is 385 g/mol. The summed E-state index contributed by atoms with van der Waals surface area (Å²) in [6.45, 7) is -0.413. The van der Waals surface area contributed by atoms with Gasteiger partial charge in [-0.25, -0.2) is 4.79 Å². The summed E-state index contributed by atoms with van der Waals surface area (Å²) < 4.78 is 4.85. The Morgan fingerprint density at radius 3 is 2.50 bits per heavy atom. The van der Waals surface area contributed by atoms with Crippen LogP contribution in [0.5, 0.6) is 0 Å². The van der Waals surface area contributed by atoms with Gasteiger partial charge in [-0.1, -0.05) is 46.9 Å². The first kappa shape index (κ1) is 18.3. The number of hydrogen-bond donors (Lipinski definition) is 1. The first-order chi connectivity index (χ1) is 11.4. The molecule has 0 aromatic heterocycles. The van der Waals surface area contributed by atoms with Gasteiger partial charge in [0.1, 0.15) is 0 Å². The van der Waals surface area contributed by atoms with Crippen molar-refractivity contribution in [3.8, 4) is 0 Å². The molecule has 0 aliphatic rings. The fourth-order valence-corrected chi connectivity index (χ4v) is 2.40. The number of amides is 1. The van der Waals surface area contributed by atoms with Crippen LogP contribution in [0.15, 0.2) is 48.5 Å². The predicted octanol–water partition coefficient (Wildman–Crippen LogP) is 4.84. The summed E-state index contributed by atoms with van der Waals surface area (Å²) in [5, 5.41) is 3.97. The summed E-state index contributed by atoms with van der Waals surface area (Å²) >= 11 is 17.6. The first-order valence-electron chi connectivity index (χ1n) is 6.79. The van der Waals surface area contributed by atoms with Crippen molar-refractivity contribution in [2.75, 3.05) is 11.9 Å². The Hall–Kier alpha value is -2.01. The van der Waals surface area contributed by atoms with Crippen molar-refractivity contribution in [3.63, 3.8) is 0 Å². The van der Waals surface area contributed by atoms with Crippen molar-refractivity contribution < 1.29 is 14.3 Å². The summed E-state index contributed by atoms with van der Waals surface area (Å²) in [6, 6.07) is 11.5. The zero-order valence-corrected chi connectivity index (χ0v) is 14.5. The third kappa shape index (κ3) is 5.89. The second-order valence-electron chi connectivity index (χ2n) is 4.67. The van der Waals surface area contributed by atoms with E-state index in [4.69, 9.17) is 39.5 Å². The van der Waals surface area contributed by atoms with Gasteiger partial charge in [0.05, 0.1) is 0 Å². The summed E-state index contributed by atoms with van der Waals surface area (Å²) in [4.78, 5) is 23.3. The number of ether oxygens (including phenoxy) is 1. The third-order valence-corrected chi connectivity index (χ3v) is 3.61. The van der Waals surface area contributed by atoms with Crippen LogP contribution in [-0.2, 0) is 14.3 Å². The van der Waals surface area contributed by atoms with Crippen molar-refractivity contribution in [2.45, 2.75) is 0 Å². The zero-order valence-electron chi connectivity index (χ0n) is 12.3. The second-order valence-corrected chi connectivity index (χ2v) is 5.95. The molecule has 1 N–H and O–H groups in total. The van der Waals surface area contributed by atoms with E-state index in [9.17, 15) is 9.59 Å². The fourth-order valence-electron chi connectivity index (χ4n) is 1.74. The maximum Gasteiger partial charge on any atom is 0.331 e. The number of anilines is 1. The van der Waals surface area contributed by atoms with Gasteiger partial charge in [0, 0.05) is 26.8 Å². The summed E-state index contributed by atoms with van der Waals surface area (Å²) in [5.74, 6) is -1.13. The van der Waals surface area contributed by atoms with Gasteiger partial charge >= 0.3 is 5.97 Å². The molecular formula is C17H12Cl3NO3. The maximum absolute atomic E-state index is 11.7. The van der Waals surface area contributed by atoms with Crippen LogP contribution in [0.1, 0.15) is 5.56 Å². The lowest BCUT2D eigenvalue weighted by atomic mass is 10.2. The summed E-state index contributed by atoms with van der Waals surface area (Å²) in [6.07, 6.45) is 2.66. The van der Waals surface area contributed by atoms with Crippen LogP contribution < -0.4 is 5.32 Å². The minimum Gasteiger partial charge on any atom is -0.452 e. The molecule has 0 saturated heterocycles. The van der Waals surface area contributed by atoms with Crippen molar-refractivity contribution in [3.05, 3.63) is 69.2 Å². The fraction of sp³-hybridized carbons (Fsp3) is 0.0588. The highest BCUT2D eigenvalue weighted by Gasteiger charge is 2.06. The maximum atomic E-state index is 11.7. The molecule has 0 aliphatic carbocycles. The zero-order chi connectivity index (χ0) is 17.5. The molecule has 0 spiro atoms. The van der Waals surface area contributed by atoms with Crippen LogP contribution in [0.3, 0.4) is 0 Å². The van der Waals surface area contributed by atoms with Gasteiger partial charge in [-0.05, 0) is 42.0 Å². The Morgan fingerprint density at radius 2 is 1.79 bits per heavy atom. The molecule has 2 rings (SSSR count). The number of carbonyl (C=O) groups excluding carboxylic acids is 2. The van der Waals surface area contributed by atoms with Crippen LogP contribution in [0.4, 0.5) is 5.69 Å². The van der Waals surface area contributed by atoms with Crippen molar-refractivity contribution >= 4 is 58.4 Å². The van der Waals surface area contributed by atoms with Gasteiger partial charge < -0.3 is 10.1 Å². The number of carbonyl (C=O) groups is 2. The Kier molecular flexibility index (Phi) is 6.67. The van der Waals surface area contributed by atoms with Crippen LogP contribution in [0.2, 0.25) is 15.1 Å². The number of hydrogen-bond acceptors (Lipinski definition) is 3. The van der Waals surface area contributed by atoms with E-state index < -0.39 is 18.5 Å². The number of rotatable bonds is 5. The topological polar surface area (TPSA) is 55.4 Å². The molecule has 0 radical (unpaired) electrons. The van der Waals surface area contributed by atoms with E-state index in [0.29, 0.717) is 26.3 Å². The molecule has 2 aromatic carbocycles. The number of halogens is 3. The van der Waals surface area contributed by atoms with E-state index in [1.54, 1.807) is 42.5 Å². The highest BCUT2D eigenvalue weighted by molar-refractivity contribution is 6.35. The van der Waals surface area contributed by atoms with Gasteiger partial charge in [-0.2, -0.15) is 0 Å². The lowest BCUT2D eigenvalue weighted by Crippen LogP contribution is -2.20. The lowest BCUT2D eigenvalue weighted by Gasteiger charge is -2.05. The van der Waals surface area contributed by atoms with Crippen LogP contribution >= 0.6 is 34.8 Å². The van der Waals surface area contributed by atoms with Crippen molar-refractivity contribution in [1.82, 2.24) is 0 Å². The summed E-state index contributed by atoms with van der Waals surface area (Å²) in [7, 11) is 0. The number of nitrogens with one attached hydrogen (secondary N) is 1. The number of benzene rings is 2. The molecule has 0 aliphatic heterocycles. The monoisotopic (exact) mass is 383 g/mol. The molecule has 0 saturated carbocycles. The lowest BCUT2D eigenvalue weighted by molar-refractivity contribution is -0.142. The van der Waals surface area contributed by atoms with Crippen molar-refractivity contribution in [2.24, 2.45) is 0 Å². The molecule has 4 nitrogen and oxygen atoms in total. The summed E-state index contributed by atoms with van der Waals surface area (Å²) in [5.41, 5.74) is 1.13. The molecule has 124 valence electrons. The highest BCUT2D eigenvalue weighted by atomic mass is 35.5. The standard InChI is InChI=1S/C17H12Cl3NO3/c18-12-2-1-3-14(8-12)21-16(22)10-24-17(23)7-5-11-4-6-13(19)9-15(11)20/h1-9H,10H2,(H,21,22). The molecule has 24 heavy (non-hydrogen) atoms. The van der Waals surface area contributed by atoms with E-state index in [1.165, 1.54) is 12.2 Å². The largest absolute Gasteiger partial charge is 0.452 e. The van der Waals surface area contributed by atoms with E-state index >= 15 is 0 Å². The molecule has 0 bridgehead atoms. The molecule has 1 amide bonds. The van der Waals surface area contributed by atoms with Crippen molar-refractivity contribution in [1.29, 1.82) is 0 Å². The normalized spacial score (nSPS) is 10.6. The molecule has 0 heterocycles. The Labute approximate surface area is 154 Å². The van der Waals surface area contributed by atoms with Crippen LogP contribution in [-0.4, -0.2) is 18.5 Å². The first-order valence-corrected chi connectivity index (χ1v) is 7.93. The number of esters is 1.